The van der Waals surface area contributed by atoms with Crippen molar-refractivity contribution >= 4 is 16.9 Å². The van der Waals surface area contributed by atoms with Gasteiger partial charge in [0, 0.05) is 13.6 Å². The summed E-state index contributed by atoms with van der Waals surface area (Å²) < 4.78 is 1.93. The Bertz CT molecular complexity index is 606. The van der Waals surface area contributed by atoms with E-state index < -0.39 is 0 Å². The number of rotatable bonds is 3. The molecule has 2 aromatic rings. The van der Waals surface area contributed by atoms with Gasteiger partial charge in [0.15, 0.2) is 5.65 Å². The first-order valence-electron chi connectivity index (χ1n) is 6.35. The van der Waals surface area contributed by atoms with Crippen LogP contribution in [0.1, 0.15) is 27.7 Å². The Kier molecular flexibility index (Phi) is 3.30. The van der Waals surface area contributed by atoms with Crippen molar-refractivity contribution in [2.45, 2.75) is 33.2 Å². The van der Waals surface area contributed by atoms with E-state index >= 15 is 0 Å². The molecule has 0 atom stereocenters. The van der Waals surface area contributed by atoms with E-state index in [2.05, 4.69) is 47.3 Å². The van der Waals surface area contributed by atoms with Gasteiger partial charge in [0.1, 0.15) is 12.1 Å². The van der Waals surface area contributed by atoms with Crippen molar-refractivity contribution in [3.05, 3.63) is 24.7 Å². The second-order valence-electron chi connectivity index (χ2n) is 5.97. The van der Waals surface area contributed by atoms with E-state index in [1.165, 1.54) is 0 Å². The monoisotopic (exact) mass is 259 g/mol. The first-order valence-corrected chi connectivity index (χ1v) is 6.35. The van der Waals surface area contributed by atoms with Gasteiger partial charge in [-0.15, -0.1) is 0 Å². The van der Waals surface area contributed by atoms with Crippen molar-refractivity contribution < 1.29 is 0 Å². The molecule has 0 fully saturated rings. The summed E-state index contributed by atoms with van der Waals surface area (Å²) in [6, 6.07) is 0. The van der Waals surface area contributed by atoms with Gasteiger partial charge in [-0.05, 0) is 27.7 Å². The summed E-state index contributed by atoms with van der Waals surface area (Å²) >= 11 is 0. The van der Waals surface area contributed by atoms with Crippen molar-refractivity contribution in [3.8, 4) is 0 Å². The highest BCUT2D eigenvalue weighted by Crippen LogP contribution is 2.25. The number of anilines is 1. The Morgan fingerprint density at radius 2 is 2.05 bits per heavy atom. The largest absolute Gasteiger partial charge is 0.355 e. The third kappa shape index (κ3) is 2.59. The number of hydrogen-bond acceptors (Lipinski definition) is 4. The molecule has 0 aliphatic rings. The van der Waals surface area contributed by atoms with Gasteiger partial charge in [-0.3, -0.25) is 0 Å². The fraction of sp³-hybridized carbons (Fsp3) is 0.500. The lowest BCUT2D eigenvalue weighted by atomic mass is 10.1. The molecule has 0 unspecified atom stereocenters. The van der Waals surface area contributed by atoms with Crippen molar-refractivity contribution in [3.63, 3.8) is 0 Å². The summed E-state index contributed by atoms with van der Waals surface area (Å²) in [5.41, 5.74) is 1.86. The summed E-state index contributed by atoms with van der Waals surface area (Å²) in [7, 11) is 2.00. The minimum Gasteiger partial charge on any atom is -0.355 e. The molecule has 2 rings (SSSR count). The molecule has 102 valence electrons. The van der Waals surface area contributed by atoms with Crippen molar-refractivity contribution in [2.24, 2.45) is 0 Å². The van der Waals surface area contributed by atoms with Crippen LogP contribution in [0.4, 0.5) is 5.82 Å². The van der Waals surface area contributed by atoms with Crippen molar-refractivity contribution in [1.29, 1.82) is 0 Å². The zero-order chi connectivity index (χ0) is 14.2. The smallest absolute Gasteiger partial charge is 0.163 e. The molecule has 0 saturated heterocycles. The van der Waals surface area contributed by atoms with Crippen molar-refractivity contribution in [2.75, 3.05) is 18.5 Å². The van der Waals surface area contributed by atoms with Gasteiger partial charge in [0.2, 0.25) is 0 Å². The van der Waals surface area contributed by atoms with Gasteiger partial charge in [0.05, 0.1) is 17.1 Å². The van der Waals surface area contributed by atoms with Crippen LogP contribution in [-0.4, -0.2) is 33.3 Å². The molecule has 19 heavy (non-hydrogen) atoms. The van der Waals surface area contributed by atoms with E-state index in [0.29, 0.717) is 0 Å². The normalized spacial score (nSPS) is 11.8. The number of nitrogens with zero attached hydrogens (tertiary/aromatic N) is 5. The summed E-state index contributed by atoms with van der Waals surface area (Å²) in [6.45, 7) is 13.0. The number of fused-ring (bicyclic) bond motifs is 1. The van der Waals surface area contributed by atoms with E-state index in [0.717, 1.165) is 29.0 Å². The van der Waals surface area contributed by atoms with E-state index in [9.17, 15) is 0 Å². The second-order valence-corrected chi connectivity index (χ2v) is 5.97. The third-order valence-corrected chi connectivity index (χ3v) is 2.85. The molecule has 0 bridgehead atoms. The highest BCUT2D eigenvalue weighted by molar-refractivity contribution is 5.86. The maximum atomic E-state index is 4.45. The van der Waals surface area contributed by atoms with Gasteiger partial charge in [-0.25, -0.2) is 14.6 Å². The molecule has 0 radical (unpaired) electrons. The Labute approximate surface area is 114 Å². The lowest BCUT2D eigenvalue weighted by Gasteiger charge is -2.21. The van der Waals surface area contributed by atoms with E-state index in [-0.39, 0.29) is 5.54 Å². The van der Waals surface area contributed by atoms with Crippen LogP contribution >= 0.6 is 0 Å². The molecule has 0 N–H and O–H groups in total. The fourth-order valence-corrected chi connectivity index (χ4v) is 2.11. The average molecular weight is 259 g/mol. The SMILES string of the molecule is C=C(C)CN(C)c1ncnc2c1cnn2C(C)(C)C. The highest BCUT2D eigenvalue weighted by Gasteiger charge is 2.20. The van der Waals surface area contributed by atoms with Crippen LogP contribution in [0.25, 0.3) is 11.0 Å². The van der Waals surface area contributed by atoms with E-state index in [1.54, 1.807) is 6.33 Å². The Morgan fingerprint density at radius 3 is 2.63 bits per heavy atom. The average Bonchev–Trinajstić information content (AvgIpc) is 2.70. The van der Waals surface area contributed by atoms with Gasteiger partial charge < -0.3 is 4.90 Å². The molecule has 5 heteroatoms. The molecule has 0 aromatic carbocycles. The highest BCUT2D eigenvalue weighted by atomic mass is 15.3. The molecule has 0 amide bonds. The lowest BCUT2D eigenvalue weighted by Crippen LogP contribution is -2.24. The predicted octanol–water partition coefficient (Wildman–Crippen LogP) is 2.59. The van der Waals surface area contributed by atoms with Crippen LogP contribution in [0.15, 0.2) is 24.7 Å². The first kappa shape index (κ1) is 13.5. The third-order valence-electron chi connectivity index (χ3n) is 2.85. The zero-order valence-corrected chi connectivity index (χ0v) is 12.3. The second kappa shape index (κ2) is 4.64. The fourth-order valence-electron chi connectivity index (χ4n) is 2.11. The van der Waals surface area contributed by atoms with Crippen molar-refractivity contribution in [1.82, 2.24) is 19.7 Å². The topological polar surface area (TPSA) is 46.8 Å². The van der Waals surface area contributed by atoms with E-state index in [1.807, 2.05) is 24.9 Å². The molecular formula is C14H21N5. The molecule has 0 aliphatic heterocycles. The van der Waals surface area contributed by atoms with Crippen LogP contribution in [0.3, 0.4) is 0 Å². The predicted molar refractivity (Wildman–Crippen MR) is 78.4 cm³/mol. The van der Waals surface area contributed by atoms with Crippen LogP contribution in [0.5, 0.6) is 0 Å². The molecule has 0 saturated carbocycles. The Morgan fingerprint density at radius 1 is 1.37 bits per heavy atom. The van der Waals surface area contributed by atoms with Gasteiger partial charge in [-0.2, -0.15) is 5.10 Å². The van der Waals surface area contributed by atoms with Gasteiger partial charge >= 0.3 is 0 Å². The van der Waals surface area contributed by atoms with E-state index in [4.69, 9.17) is 0 Å². The molecular weight excluding hydrogens is 238 g/mol. The molecule has 2 aromatic heterocycles. The van der Waals surface area contributed by atoms with Crippen LogP contribution in [-0.2, 0) is 5.54 Å². The van der Waals surface area contributed by atoms with Crippen LogP contribution < -0.4 is 4.90 Å². The molecule has 2 heterocycles. The quantitative estimate of drug-likeness (QED) is 0.795. The van der Waals surface area contributed by atoms with Gasteiger partial charge in [0.25, 0.3) is 0 Å². The summed E-state index contributed by atoms with van der Waals surface area (Å²) in [5, 5.41) is 5.43. The number of hydrogen-bond donors (Lipinski definition) is 0. The number of likely N-dealkylation sites (N-methyl/N-ethyl adjacent to an activating group) is 1. The van der Waals surface area contributed by atoms with Crippen LogP contribution in [0, 0.1) is 0 Å². The molecule has 0 spiro atoms. The summed E-state index contributed by atoms with van der Waals surface area (Å²) in [4.78, 5) is 10.8. The standard InChI is InChI=1S/C14H21N5/c1-10(2)8-18(6)12-11-7-17-19(14(3,4)5)13(11)16-9-15-12/h7,9H,1,8H2,2-6H3. The summed E-state index contributed by atoms with van der Waals surface area (Å²) in [6.07, 6.45) is 3.43. The Hall–Kier alpha value is -1.91. The zero-order valence-electron chi connectivity index (χ0n) is 12.3. The van der Waals surface area contributed by atoms with Gasteiger partial charge in [-0.1, -0.05) is 12.2 Å². The minimum atomic E-state index is -0.0969. The molecule has 5 nitrogen and oxygen atoms in total. The maximum Gasteiger partial charge on any atom is 0.163 e. The Balaban J connectivity index is 2.53. The molecule has 0 aliphatic carbocycles. The van der Waals surface area contributed by atoms with Crippen LogP contribution in [0.2, 0.25) is 0 Å². The lowest BCUT2D eigenvalue weighted by molar-refractivity contribution is 0.366. The minimum absolute atomic E-state index is 0.0969. The first-order chi connectivity index (χ1) is 8.80. The maximum absolute atomic E-state index is 4.45. The summed E-state index contributed by atoms with van der Waals surface area (Å²) in [5.74, 6) is 0.892. The number of aromatic nitrogens is 4.